The Bertz CT molecular complexity index is 1020. The van der Waals surface area contributed by atoms with Crippen molar-refractivity contribution in [3.8, 4) is 11.5 Å². The second-order valence-electron chi connectivity index (χ2n) is 7.22. The van der Waals surface area contributed by atoms with Crippen LogP contribution in [-0.2, 0) is 10.0 Å². The molecule has 0 spiro atoms. The summed E-state index contributed by atoms with van der Waals surface area (Å²) >= 11 is 0. The van der Waals surface area contributed by atoms with Crippen LogP contribution in [0.3, 0.4) is 0 Å². The largest absolute Gasteiger partial charge is 0.486 e. The molecule has 0 aliphatic carbocycles. The summed E-state index contributed by atoms with van der Waals surface area (Å²) in [4.78, 5) is 14.7. The number of sulfonamides is 1. The van der Waals surface area contributed by atoms with E-state index in [0.717, 1.165) is 5.56 Å². The highest BCUT2D eigenvalue weighted by molar-refractivity contribution is 7.89. The van der Waals surface area contributed by atoms with Crippen molar-refractivity contribution in [2.45, 2.75) is 18.2 Å². The summed E-state index contributed by atoms with van der Waals surface area (Å²) < 4.78 is 38.7. The van der Waals surface area contributed by atoms with Gasteiger partial charge in [-0.2, -0.15) is 4.31 Å². The number of fused-ring (bicyclic) bond motifs is 1. The number of nitrogens with zero attached hydrogens (tertiary/aromatic N) is 2. The number of benzene rings is 2. The highest BCUT2D eigenvalue weighted by Crippen LogP contribution is 2.33. The molecule has 154 valence electrons. The van der Waals surface area contributed by atoms with Crippen LogP contribution in [0.2, 0.25) is 0 Å². The van der Waals surface area contributed by atoms with Gasteiger partial charge < -0.3 is 14.4 Å². The van der Waals surface area contributed by atoms with Crippen LogP contribution in [0.4, 0.5) is 0 Å². The van der Waals surface area contributed by atoms with Gasteiger partial charge in [0.2, 0.25) is 10.0 Å². The molecule has 0 atom stereocenters. The smallest absolute Gasteiger partial charge is 0.253 e. The predicted octanol–water partition coefficient (Wildman–Crippen LogP) is 2.30. The lowest BCUT2D eigenvalue weighted by molar-refractivity contribution is 0.0764. The summed E-state index contributed by atoms with van der Waals surface area (Å²) in [6.45, 7) is 4.31. The van der Waals surface area contributed by atoms with Crippen molar-refractivity contribution in [3.05, 3.63) is 53.6 Å². The van der Waals surface area contributed by atoms with Crippen molar-refractivity contribution in [1.29, 1.82) is 0 Å². The van der Waals surface area contributed by atoms with Crippen molar-refractivity contribution in [1.82, 2.24) is 9.21 Å². The molecule has 2 heterocycles. The molecule has 0 aromatic heterocycles. The lowest BCUT2D eigenvalue weighted by Gasteiger charge is -2.23. The number of aryl methyl sites for hydroxylation is 1. The van der Waals surface area contributed by atoms with Crippen LogP contribution in [0.15, 0.2) is 47.4 Å². The van der Waals surface area contributed by atoms with Crippen molar-refractivity contribution in [2.75, 3.05) is 39.4 Å². The first kappa shape index (κ1) is 19.7. The van der Waals surface area contributed by atoms with Crippen molar-refractivity contribution in [3.63, 3.8) is 0 Å². The Kier molecular flexibility index (Phi) is 5.47. The number of hydrogen-bond donors (Lipinski definition) is 0. The van der Waals surface area contributed by atoms with Gasteiger partial charge in [0.25, 0.3) is 5.91 Å². The molecule has 1 fully saturated rings. The maximum absolute atomic E-state index is 13.1. The Hall–Kier alpha value is -2.58. The molecule has 2 aromatic carbocycles. The normalized spacial score (nSPS) is 17.6. The molecule has 4 rings (SSSR count). The van der Waals surface area contributed by atoms with Crippen LogP contribution in [0.25, 0.3) is 0 Å². The summed E-state index contributed by atoms with van der Waals surface area (Å²) in [7, 11) is -3.68. The van der Waals surface area contributed by atoms with Crippen LogP contribution in [-0.4, -0.2) is 62.9 Å². The van der Waals surface area contributed by atoms with E-state index in [1.165, 1.54) is 10.4 Å². The summed E-state index contributed by atoms with van der Waals surface area (Å²) in [5, 5.41) is 0. The van der Waals surface area contributed by atoms with Crippen LogP contribution in [0, 0.1) is 6.92 Å². The third-order valence-electron chi connectivity index (χ3n) is 5.16. The van der Waals surface area contributed by atoms with E-state index in [1.807, 2.05) is 25.1 Å². The fraction of sp³-hybridized carbons (Fsp3) is 0.381. The van der Waals surface area contributed by atoms with Gasteiger partial charge in [0, 0.05) is 37.8 Å². The standard InChI is InChI=1S/C21H24N2O5S/c1-16-4-2-5-17(14-16)21(24)22-8-3-9-23(11-10-22)29(25,26)18-6-7-19-20(15-18)28-13-12-27-19/h2,4-7,14-15H,3,8-13H2,1H3. The second-order valence-corrected chi connectivity index (χ2v) is 9.16. The Balaban J connectivity index is 1.49. The fourth-order valence-corrected chi connectivity index (χ4v) is 5.12. The monoisotopic (exact) mass is 416 g/mol. The van der Waals surface area contributed by atoms with Crippen LogP contribution < -0.4 is 9.47 Å². The molecule has 29 heavy (non-hydrogen) atoms. The zero-order valence-electron chi connectivity index (χ0n) is 16.3. The quantitative estimate of drug-likeness (QED) is 0.768. The van der Waals surface area contributed by atoms with E-state index in [1.54, 1.807) is 23.1 Å². The van der Waals surface area contributed by atoms with Gasteiger partial charge in [0.05, 0.1) is 4.90 Å². The molecular weight excluding hydrogens is 392 g/mol. The van der Waals surface area contributed by atoms with Crippen LogP contribution >= 0.6 is 0 Å². The number of ether oxygens (including phenoxy) is 2. The molecule has 8 heteroatoms. The van der Waals surface area contributed by atoms with Gasteiger partial charge >= 0.3 is 0 Å². The first-order valence-corrected chi connectivity index (χ1v) is 11.1. The molecule has 0 radical (unpaired) electrons. The number of carbonyl (C=O) groups excluding carboxylic acids is 1. The van der Waals surface area contributed by atoms with Crippen molar-refractivity contribution < 1.29 is 22.7 Å². The minimum Gasteiger partial charge on any atom is -0.486 e. The molecule has 0 N–H and O–H groups in total. The van der Waals surface area contributed by atoms with E-state index in [9.17, 15) is 13.2 Å². The van der Waals surface area contributed by atoms with E-state index in [0.29, 0.717) is 56.3 Å². The number of rotatable bonds is 3. The summed E-state index contributed by atoms with van der Waals surface area (Å²) in [6.07, 6.45) is 0.585. The van der Waals surface area contributed by atoms with E-state index in [4.69, 9.17) is 9.47 Å². The maximum Gasteiger partial charge on any atom is 0.253 e. The topological polar surface area (TPSA) is 76.2 Å². The lowest BCUT2D eigenvalue weighted by Crippen LogP contribution is -2.37. The molecule has 0 bridgehead atoms. The molecule has 1 amide bonds. The van der Waals surface area contributed by atoms with Gasteiger partial charge in [0.1, 0.15) is 13.2 Å². The first-order chi connectivity index (χ1) is 13.9. The van der Waals surface area contributed by atoms with Crippen molar-refractivity contribution >= 4 is 15.9 Å². The number of amides is 1. The Morgan fingerprint density at radius 1 is 0.931 bits per heavy atom. The number of carbonyl (C=O) groups is 1. The summed E-state index contributed by atoms with van der Waals surface area (Å²) in [5.74, 6) is 0.941. The van der Waals surface area contributed by atoms with Gasteiger partial charge in [0.15, 0.2) is 11.5 Å². The van der Waals surface area contributed by atoms with Crippen molar-refractivity contribution in [2.24, 2.45) is 0 Å². The first-order valence-electron chi connectivity index (χ1n) is 9.71. The Morgan fingerprint density at radius 3 is 2.52 bits per heavy atom. The average Bonchev–Trinajstić information content (AvgIpc) is 2.99. The molecule has 2 aliphatic rings. The van der Waals surface area contributed by atoms with Gasteiger partial charge in [-0.3, -0.25) is 4.79 Å². The SMILES string of the molecule is Cc1cccc(C(=O)N2CCCN(S(=O)(=O)c3ccc4c(c3)OCCO4)CC2)c1. The van der Waals surface area contributed by atoms with Gasteiger partial charge in [-0.05, 0) is 37.6 Å². The van der Waals surface area contributed by atoms with E-state index < -0.39 is 10.0 Å². The molecular formula is C21H24N2O5S. The van der Waals surface area contributed by atoms with E-state index in [2.05, 4.69) is 0 Å². The predicted molar refractivity (Wildman–Crippen MR) is 108 cm³/mol. The summed E-state index contributed by atoms with van der Waals surface area (Å²) in [6, 6.07) is 12.2. The third kappa shape index (κ3) is 4.09. The Labute approximate surface area is 170 Å². The Morgan fingerprint density at radius 2 is 1.72 bits per heavy atom. The maximum atomic E-state index is 13.1. The second kappa shape index (κ2) is 8.04. The minimum atomic E-state index is -3.68. The lowest BCUT2D eigenvalue weighted by atomic mass is 10.1. The fourth-order valence-electron chi connectivity index (χ4n) is 3.63. The van der Waals surface area contributed by atoms with E-state index >= 15 is 0 Å². The van der Waals surface area contributed by atoms with Crippen LogP contribution in [0.5, 0.6) is 11.5 Å². The molecule has 2 aliphatic heterocycles. The van der Waals surface area contributed by atoms with Crippen LogP contribution in [0.1, 0.15) is 22.3 Å². The molecule has 7 nitrogen and oxygen atoms in total. The van der Waals surface area contributed by atoms with E-state index in [-0.39, 0.29) is 17.3 Å². The van der Waals surface area contributed by atoms with Gasteiger partial charge in [-0.15, -0.1) is 0 Å². The van der Waals surface area contributed by atoms with Gasteiger partial charge in [-0.25, -0.2) is 8.42 Å². The summed E-state index contributed by atoms with van der Waals surface area (Å²) in [5.41, 5.74) is 1.65. The molecule has 0 saturated carbocycles. The molecule has 2 aromatic rings. The zero-order valence-corrected chi connectivity index (χ0v) is 17.2. The molecule has 0 unspecified atom stereocenters. The third-order valence-corrected chi connectivity index (χ3v) is 7.05. The zero-order chi connectivity index (χ0) is 20.4. The minimum absolute atomic E-state index is 0.0627. The average molecular weight is 416 g/mol. The highest BCUT2D eigenvalue weighted by Gasteiger charge is 2.29. The highest BCUT2D eigenvalue weighted by atomic mass is 32.2. The number of hydrogen-bond acceptors (Lipinski definition) is 5. The molecule has 1 saturated heterocycles. The van der Waals surface area contributed by atoms with Gasteiger partial charge in [-0.1, -0.05) is 17.7 Å².